The van der Waals surface area contributed by atoms with Gasteiger partial charge in [-0.1, -0.05) is 11.8 Å². The highest BCUT2D eigenvalue weighted by Crippen LogP contribution is 2.27. The lowest BCUT2D eigenvalue weighted by molar-refractivity contribution is 0.602. The van der Waals surface area contributed by atoms with E-state index in [4.69, 9.17) is 0 Å². The monoisotopic (exact) mass is 344 g/mol. The van der Waals surface area contributed by atoms with Crippen LogP contribution in [0.3, 0.4) is 0 Å². The van der Waals surface area contributed by atoms with Crippen molar-refractivity contribution < 1.29 is 8.42 Å². The number of aromatic nitrogens is 2. The summed E-state index contributed by atoms with van der Waals surface area (Å²) in [5, 5.41) is 0.795. The van der Waals surface area contributed by atoms with Crippen LogP contribution in [0.2, 0.25) is 0 Å². The third-order valence-corrected chi connectivity index (χ3v) is 4.59. The maximum atomic E-state index is 11.3. The van der Waals surface area contributed by atoms with Crippen molar-refractivity contribution in [1.29, 1.82) is 0 Å². The molecule has 18 heavy (non-hydrogen) atoms. The van der Waals surface area contributed by atoms with Gasteiger partial charge < -0.3 is 0 Å². The fraction of sp³-hybridized carbons (Fsp3) is 0.0909. The molecule has 1 heterocycles. The van der Waals surface area contributed by atoms with Crippen LogP contribution >= 0.6 is 27.7 Å². The minimum Gasteiger partial charge on any atom is -0.230 e. The Hall–Kier alpha value is -0.920. The Bertz CT molecular complexity index is 657. The van der Waals surface area contributed by atoms with Crippen LogP contribution in [0.5, 0.6) is 0 Å². The van der Waals surface area contributed by atoms with Gasteiger partial charge in [0, 0.05) is 17.2 Å². The molecule has 7 heteroatoms. The molecule has 0 radical (unpaired) electrons. The maximum Gasteiger partial charge on any atom is 0.175 e. The molecule has 1 aromatic heterocycles. The van der Waals surface area contributed by atoms with Crippen LogP contribution in [-0.2, 0) is 9.84 Å². The van der Waals surface area contributed by atoms with Crippen molar-refractivity contribution in [3.63, 3.8) is 0 Å². The van der Waals surface area contributed by atoms with Crippen molar-refractivity contribution in [2.24, 2.45) is 0 Å². The van der Waals surface area contributed by atoms with Crippen LogP contribution in [0.4, 0.5) is 0 Å². The molecule has 0 N–H and O–H groups in total. The molecule has 4 nitrogen and oxygen atoms in total. The Balaban J connectivity index is 2.21. The number of halogens is 1. The van der Waals surface area contributed by atoms with E-state index in [2.05, 4.69) is 25.9 Å². The zero-order valence-corrected chi connectivity index (χ0v) is 12.6. The van der Waals surface area contributed by atoms with Crippen LogP contribution in [0.15, 0.2) is 56.1 Å². The highest BCUT2D eigenvalue weighted by atomic mass is 79.9. The summed E-state index contributed by atoms with van der Waals surface area (Å²) in [6, 6.07) is 8.51. The van der Waals surface area contributed by atoms with Crippen molar-refractivity contribution in [2.45, 2.75) is 14.8 Å². The Kier molecular flexibility index (Phi) is 4.04. The van der Waals surface area contributed by atoms with Crippen LogP contribution in [0.1, 0.15) is 0 Å². The van der Waals surface area contributed by atoms with Crippen molar-refractivity contribution in [1.82, 2.24) is 9.97 Å². The summed E-state index contributed by atoms with van der Waals surface area (Å²) in [6.07, 6.45) is 2.66. The summed E-state index contributed by atoms with van der Waals surface area (Å²) in [6.45, 7) is 0. The van der Waals surface area contributed by atoms with Crippen molar-refractivity contribution in [2.75, 3.05) is 6.26 Å². The number of hydrogen-bond donors (Lipinski definition) is 0. The number of hydrogen-bond acceptors (Lipinski definition) is 5. The first-order valence-corrected chi connectivity index (χ1v) is 8.41. The van der Waals surface area contributed by atoms with E-state index in [9.17, 15) is 8.42 Å². The largest absolute Gasteiger partial charge is 0.230 e. The van der Waals surface area contributed by atoms with Crippen LogP contribution in [-0.4, -0.2) is 24.6 Å². The van der Waals surface area contributed by atoms with Gasteiger partial charge in [0.25, 0.3) is 0 Å². The van der Waals surface area contributed by atoms with Gasteiger partial charge in [0.2, 0.25) is 0 Å². The number of nitrogens with zero attached hydrogens (tertiary/aromatic N) is 2. The van der Waals surface area contributed by atoms with Crippen molar-refractivity contribution in [3.05, 3.63) is 41.3 Å². The van der Waals surface area contributed by atoms with E-state index in [1.807, 2.05) is 0 Å². The molecule has 0 saturated heterocycles. The van der Waals surface area contributed by atoms with Crippen molar-refractivity contribution in [3.8, 4) is 0 Å². The first-order valence-electron chi connectivity index (χ1n) is 4.91. The first-order chi connectivity index (χ1) is 8.45. The molecule has 0 aliphatic heterocycles. The van der Waals surface area contributed by atoms with Gasteiger partial charge in [-0.05, 0) is 40.2 Å². The Labute approximate surface area is 118 Å². The molecule has 0 atom stereocenters. The van der Waals surface area contributed by atoms with Gasteiger partial charge in [-0.25, -0.2) is 18.4 Å². The first kappa shape index (κ1) is 13.5. The van der Waals surface area contributed by atoms with E-state index in [0.717, 1.165) is 9.92 Å². The normalized spacial score (nSPS) is 11.4. The summed E-state index contributed by atoms with van der Waals surface area (Å²) in [5.41, 5.74) is 0. The summed E-state index contributed by atoms with van der Waals surface area (Å²) in [7, 11) is -3.14. The van der Waals surface area contributed by atoms with E-state index in [1.54, 1.807) is 30.3 Å². The van der Waals surface area contributed by atoms with Gasteiger partial charge in [-0.3, -0.25) is 0 Å². The minimum absolute atomic E-state index is 0.315. The molecule has 1 aromatic carbocycles. The smallest absolute Gasteiger partial charge is 0.175 e. The Morgan fingerprint density at radius 1 is 1.17 bits per heavy atom. The summed E-state index contributed by atoms with van der Waals surface area (Å²) >= 11 is 4.71. The van der Waals surface area contributed by atoms with Crippen LogP contribution in [0, 0.1) is 0 Å². The summed E-state index contributed by atoms with van der Waals surface area (Å²) in [4.78, 5) is 9.29. The van der Waals surface area contributed by atoms with Gasteiger partial charge in [0.1, 0.15) is 16.0 Å². The summed E-state index contributed by atoms with van der Waals surface area (Å²) in [5.74, 6) is 0. The SMILES string of the molecule is CS(=O)(=O)c1ccc(Sc2cc(Br)ncn2)cc1. The average Bonchev–Trinajstić information content (AvgIpc) is 2.28. The Morgan fingerprint density at radius 3 is 2.39 bits per heavy atom. The van der Waals surface area contributed by atoms with Gasteiger partial charge in [0.05, 0.1) is 4.90 Å². The lowest BCUT2D eigenvalue weighted by Gasteiger charge is -2.02. The fourth-order valence-corrected chi connectivity index (χ4v) is 3.12. The number of benzene rings is 1. The fourth-order valence-electron chi connectivity index (χ4n) is 1.25. The Morgan fingerprint density at radius 2 is 1.83 bits per heavy atom. The molecule has 2 aromatic rings. The van der Waals surface area contributed by atoms with Gasteiger partial charge >= 0.3 is 0 Å². The van der Waals surface area contributed by atoms with E-state index < -0.39 is 9.84 Å². The number of sulfone groups is 1. The summed E-state index contributed by atoms with van der Waals surface area (Å²) < 4.78 is 23.3. The lowest BCUT2D eigenvalue weighted by atomic mass is 10.4. The molecular formula is C11H9BrN2O2S2. The lowest BCUT2D eigenvalue weighted by Crippen LogP contribution is -1.95. The molecule has 94 valence electrons. The van der Waals surface area contributed by atoms with E-state index >= 15 is 0 Å². The molecule has 0 spiro atoms. The van der Waals surface area contributed by atoms with Crippen molar-refractivity contribution >= 4 is 37.5 Å². The van der Waals surface area contributed by atoms with Gasteiger partial charge in [-0.2, -0.15) is 0 Å². The highest BCUT2D eigenvalue weighted by Gasteiger charge is 2.07. The van der Waals surface area contributed by atoms with Crippen LogP contribution < -0.4 is 0 Å². The number of rotatable bonds is 3. The predicted molar refractivity (Wildman–Crippen MR) is 73.4 cm³/mol. The molecule has 0 aliphatic rings. The van der Waals surface area contributed by atoms with E-state index in [0.29, 0.717) is 9.50 Å². The molecule has 0 saturated carbocycles. The average molecular weight is 345 g/mol. The molecule has 0 unspecified atom stereocenters. The molecule has 2 rings (SSSR count). The van der Waals surface area contributed by atoms with E-state index in [1.165, 1.54) is 24.3 Å². The third-order valence-electron chi connectivity index (χ3n) is 2.08. The predicted octanol–water partition coefficient (Wildman–Crippen LogP) is 2.79. The molecule has 0 aliphatic carbocycles. The van der Waals surface area contributed by atoms with Gasteiger partial charge in [-0.15, -0.1) is 0 Å². The zero-order valence-electron chi connectivity index (χ0n) is 9.37. The second-order valence-electron chi connectivity index (χ2n) is 3.52. The molecule has 0 bridgehead atoms. The molecular weight excluding hydrogens is 336 g/mol. The minimum atomic E-state index is -3.14. The zero-order chi connectivity index (χ0) is 13.2. The highest BCUT2D eigenvalue weighted by molar-refractivity contribution is 9.10. The van der Waals surface area contributed by atoms with E-state index in [-0.39, 0.29) is 0 Å². The topological polar surface area (TPSA) is 59.9 Å². The quantitative estimate of drug-likeness (QED) is 0.801. The maximum absolute atomic E-state index is 11.3. The van der Waals surface area contributed by atoms with Crippen LogP contribution in [0.25, 0.3) is 0 Å². The molecule has 0 fully saturated rings. The van der Waals surface area contributed by atoms with Gasteiger partial charge in [0.15, 0.2) is 9.84 Å². The second-order valence-corrected chi connectivity index (χ2v) is 7.45. The molecule has 0 amide bonds. The third kappa shape index (κ3) is 3.54. The second kappa shape index (κ2) is 5.38. The standard InChI is InChI=1S/C11H9BrN2O2S2/c1-18(15,16)9-4-2-8(3-5-9)17-11-6-10(12)13-7-14-11/h2-7H,1H3.